The van der Waals surface area contributed by atoms with Crippen molar-refractivity contribution in [1.29, 1.82) is 0 Å². The van der Waals surface area contributed by atoms with Gasteiger partial charge in [0.05, 0.1) is 11.4 Å². The number of nitrogens with two attached hydrogens (primary N) is 1. The lowest BCUT2D eigenvalue weighted by Crippen LogP contribution is -2.08. The Morgan fingerprint density at radius 1 is 0.850 bits per heavy atom. The monoisotopic (exact) mass is 288 g/mol. The Bertz CT molecular complexity index is 656. The van der Waals surface area contributed by atoms with Crippen LogP contribution in [0.4, 0.5) is 39.0 Å². The summed E-state index contributed by atoms with van der Waals surface area (Å²) in [5.74, 6) is -10.1. The van der Waals surface area contributed by atoms with Crippen molar-refractivity contribution in [2.24, 2.45) is 0 Å². The molecule has 2 rings (SSSR count). The van der Waals surface area contributed by atoms with Crippen LogP contribution in [0.15, 0.2) is 18.2 Å². The summed E-state index contributed by atoms with van der Waals surface area (Å²) in [7, 11) is 0. The predicted molar refractivity (Wildman–Crippen MR) is 65.1 cm³/mol. The van der Waals surface area contributed by atoms with Crippen LogP contribution in [0.25, 0.3) is 0 Å². The molecule has 106 valence electrons. The first-order valence-corrected chi connectivity index (χ1v) is 5.48. The molecule has 0 bridgehead atoms. The number of nitrogens with one attached hydrogen (secondary N) is 1. The molecule has 0 aliphatic rings. The summed E-state index contributed by atoms with van der Waals surface area (Å²) in [6.45, 7) is 1.64. The highest BCUT2D eigenvalue weighted by atomic mass is 19.2. The van der Waals surface area contributed by atoms with Crippen LogP contribution in [0.2, 0.25) is 0 Å². The smallest absolute Gasteiger partial charge is 0.200 e. The molecule has 0 aromatic heterocycles. The van der Waals surface area contributed by atoms with E-state index in [4.69, 9.17) is 5.73 Å². The highest BCUT2D eigenvalue weighted by Crippen LogP contribution is 2.32. The molecular weight excluding hydrogens is 279 g/mol. The number of benzene rings is 2. The van der Waals surface area contributed by atoms with E-state index in [1.807, 2.05) is 0 Å². The highest BCUT2D eigenvalue weighted by molar-refractivity contribution is 5.75. The second kappa shape index (κ2) is 4.99. The first kappa shape index (κ1) is 14.1. The SMILES string of the molecule is Cc1cccc(Nc2c(F)c(F)c(F)c(F)c2F)c1N. The van der Waals surface area contributed by atoms with Crippen molar-refractivity contribution in [2.45, 2.75) is 6.92 Å². The van der Waals surface area contributed by atoms with Gasteiger partial charge in [-0.25, -0.2) is 22.0 Å². The Kier molecular flexibility index (Phi) is 3.52. The van der Waals surface area contributed by atoms with E-state index in [0.29, 0.717) is 5.56 Å². The molecule has 2 aromatic carbocycles. The molecule has 0 saturated carbocycles. The molecule has 0 spiro atoms. The highest BCUT2D eigenvalue weighted by Gasteiger charge is 2.26. The largest absolute Gasteiger partial charge is 0.397 e. The number of hydrogen-bond donors (Lipinski definition) is 2. The second-order valence-electron chi connectivity index (χ2n) is 4.11. The zero-order valence-corrected chi connectivity index (χ0v) is 10.2. The third-order valence-corrected chi connectivity index (χ3v) is 2.79. The van der Waals surface area contributed by atoms with Crippen molar-refractivity contribution in [3.63, 3.8) is 0 Å². The quantitative estimate of drug-likeness (QED) is 0.379. The fourth-order valence-electron chi connectivity index (χ4n) is 1.64. The normalized spacial score (nSPS) is 10.7. The van der Waals surface area contributed by atoms with Crippen molar-refractivity contribution in [1.82, 2.24) is 0 Å². The molecule has 0 aliphatic carbocycles. The number of hydrogen-bond acceptors (Lipinski definition) is 2. The Morgan fingerprint density at radius 2 is 1.35 bits per heavy atom. The molecule has 0 unspecified atom stereocenters. The maximum atomic E-state index is 13.5. The van der Waals surface area contributed by atoms with E-state index in [9.17, 15) is 22.0 Å². The predicted octanol–water partition coefficient (Wildman–Crippen LogP) is 4.02. The summed E-state index contributed by atoms with van der Waals surface area (Å²) in [5, 5.41) is 2.14. The first-order valence-electron chi connectivity index (χ1n) is 5.48. The van der Waals surface area contributed by atoms with Crippen LogP contribution in [0.5, 0.6) is 0 Å². The van der Waals surface area contributed by atoms with Gasteiger partial charge in [-0.3, -0.25) is 0 Å². The van der Waals surface area contributed by atoms with Gasteiger partial charge in [0.25, 0.3) is 0 Å². The zero-order chi connectivity index (χ0) is 15.0. The Balaban J connectivity index is 2.57. The number of halogens is 5. The third-order valence-electron chi connectivity index (χ3n) is 2.79. The van der Waals surface area contributed by atoms with Gasteiger partial charge in [0.2, 0.25) is 5.82 Å². The molecule has 0 fully saturated rings. The van der Waals surface area contributed by atoms with Gasteiger partial charge in [0.15, 0.2) is 23.3 Å². The lowest BCUT2D eigenvalue weighted by Gasteiger charge is -2.13. The molecule has 0 aliphatic heterocycles. The molecule has 2 nitrogen and oxygen atoms in total. The minimum absolute atomic E-state index is 0.0493. The fraction of sp³-hybridized carbons (Fsp3) is 0.0769. The average molecular weight is 288 g/mol. The van der Waals surface area contributed by atoms with Gasteiger partial charge >= 0.3 is 0 Å². The van der Waals surface area contributed by atoms with Crippen LogP contribution in [0.1, 0.15) is 5.56 Å². The van der Waals surface area contributed by atoms with Crippen molar-refractivity contribution in [3.05, 3.63) is 52.8 Å². The molecule has 0 amide bonds. The third kappa shape index (κ3) is 2.15. The summed E-state index contributed by atoms with van der Waals surface area (Å²) < 4.78 is 66.0. The van der Waals surface area contributed by atoms with Crippen LogP contribution in [0, 0.1) is 36.0 Å². The van der Waals surface area contributed by atoms with Gasteiger partial charge < -0.3 is 11.1 Å². The van der Waals surface area contributed by atoms with E-state index in [1.165, 1.54) is 12.1 Å². The van der Waals surface area contributed by atoms with Gasteiger partial charge in [-0.05, 0) is 18.6 Å². The molecule has 0 atom stereocenters. The molecule has 2 aromatic rings. The van der Waals surface area contributed by atoms with Crippen LogP contribution >= 0.6 is 0 Å². The van der Waals surface area contributed by atoms with Crippen LogP contribution in [-0.4, -0.2) is 0 Å². The molecule has 7 heteroatoms. The minimum atomic E-state index is -2.21. The Labute approximate surface area is 111 Å². The van der Waals surface area contributed by atoms with Crippen molar-refractivity contribution < 1.29 is 22.0 Å². The summed E-state index contributed by atoms with van der Waals surface area (Å²) in [5.41, 5.74) is 5.32. The lowest BCUT2D eigenvalue weighted by molar-refractivity contribution is 0.382. The van der Waals surface area contributed by atoms with Crippen molar-refractivity contribution >= 4 is 17.1 Å². The standard InChI is InChI=1S/C13H9F5N2/c1-5-3-2-4-6(12(5)19)20-13-10(17)8(15)7(14)9(16)11(13)18/h2-4,20H,19H2,1H3. The topological polar surface area (TPSA) is 38.0 Å². The van der Waals surface area contributed by atoms with Crippen LogP contribution in [-0.2, 0) is 0 Å². The van der Waals surface area contributed by atoms with Gasteiger partial charge in [-0.1, -0.05) is 12.1 Å². The van der Waals surface area contributed by atoms with E-state index in [1.54, 1.807) is 13.0 Å². The minimum Gasteiger partial charge on any atom is -0.397 e. The van der Waals surface area contributed by atoms with Gasteiger partial charge in [0, 0.05) is 0 Å². The molecule has 0 saturated heterocycles. The van der Waals surface area contributed by atoms with E-state index in [2.05, 4.69) is 5.32 Å². The van der Waals surface area contributed by atoms with Gasteiger partial charge in [-0.15, -0.1) is 0 Å². The first-order chi connectivity index (χ1) is 9.34. The zero-order valence-electron chi connectivity index (χ0n) is 10.2. The Hall–Kier alpha value is -2.31. The number of aryl methyl sites for hydroxylation is 1. The van der Waals surface area contributed by atoms with Gasteiger partial charge in [-0.2, -0.15) is 0 Å². The summed E-state index contributed by atoms with van der Waals surface area (Å²) in [6.07, 6.45) is 0. The summed E-state index contributed by atoms with van der Waals surface area (Å²) in [4.78, 5) is 0. The molecule has 3 N–H and O–H groups in total. The van der Waals surface area contributed by atoms with Gasteiger partial charge in [0.1, 0.15) is 5.69 Å². The summed E-state index contributed by atoms with van der Waals surface area (Å²) >= 11 is 0. The molecule has 0 radical (unpaired) electrons. The molecular formula is C13H9F5N2. The second-order valence-corrected chi connectivity index (χ2v) is 4.11. The number of para-hydroxylation sites is 1. The van der Waals surface area contributed by atoms with Crippen molar-refractivity contribution in [3.8, 4) is 0 Å². The molecule has 20 heavy (non-hydrogen) atoms. The van der Waals surface area contributed by atoms with E-state index in [-0.39, 0.29) is 11.4 Å². The Morgan fingerprint density at radius 3 is 1.90 bits per heavy atom. The van der Waals surface area contributed by atoms with E-state index < -0.39 is 34.8 Å². The number of nitrogen functional groups attached to an aromatic ring is 1. The maximum Gasteiger partial charge on any atom is 0.200 e. The van der Waals surface area contributed by atoms with E-state index in [0.717, 1.165) is 0 Å². The maximum absolute atomic E-state index is 13.5. The van der Waals surface area contributed by atoms with E-state index >= 15 is 0 Å². The number of anilines is 3. The average Bonchev–Trinajstić information content (AvgIpc) is 2.43. The summed E-state index contributed by atoms with van der Waals surface area (Å²) in [6, 6.07) is 4.53. The lowest BCUT2D eigenvalue weighted by atomic mass is 10.1. The number of rotatable bonds is 2. The van der Waals surface area contributed by atoms with Crippen LogP contribution < -0.4 is 11.1 Å². The molecule has 0 heterocycles. The van der Waals surface area contributed by atoms with Crippen LogP contribution in [0.3, 0.4) is 0 Å². The van der Waals surface area contributed by atoms with Crippen molar-refractivity contribution in [2.75, 3.05) is 11.1 Å². The fourth-order valence-corrected chi connectivity index (χ4v) is 1.64.